The molecule has 0 aromatic heterocycles. The summed E-state index contributed by atoms with van der Waals surface area (Å²) in [5.41, 5.74) is 4.75. The predicted molar refractivity (Wildman–Crippen MR) is 73.5 cm³/mol. The van der Waals surface area contributed by atoms with Gasteiger partial charge in [0.1, 0.15) is 5.41 Å². The highest BCUT2D eigenvalue weighted by molar-refractivity contribution is 6.06. The maximum absolute atomic E-state index is 12.5. The van der Waals surface area contributed by atoms with Crippen molar-refractivity contribution in [2.75, 3.05) is 13.1 Å². The fourth-order valence-corrected chi connectivity index (χ4v) is 1.76. The van der Waals surface area contributed by atoms with Crippen LogP contribution in [0, 0.1) is 11.3 Å². The Morgan fingerprint density at radius 2 is 2.00 bits per heavy atom. The molecule has 0 saturated carbocycles. The van der Waals surface area contributed by atoms with Crippen LogP contribution in [0.25, 0.3) is 0 Å². The Morgan fingerprint density at radius 3 is 2.33 bits per heavy atom. The van der Waals surface area contributed by atoms with Gasteiger partial charge in [-0.3, -0.25) is 4.79 Å². The van der Waals surface area contributed by atoms with Gasteiger partial charge in [-0.05, 0) is 26.2 Å². The molecule has 0 saturated heterocycles. The van der Waals surface area contributed by atoms with Gasteiger partial charge in [0.05, 0.1) is 0 Å². The van der Waals surface area contributed by atoms with E-state index < -0.39 is 5.41 Å². The SMILES string of the molecule is CCC(C)CN(CC)C(=O)C(C)(CC)C(N)=NO. The number of hydrogen-bond donors (Lipinski definition) is 2. The lowest BCUT2D eigenvalue weighted by Crippen LogP contribution is -2.50. The van der Waals surface area contributed by atoms with E-state index >= 15 is 0 Å². The van der Waals surface area contributed by atoms with E-state index in [0.717, 1.165) is 6.42 Å². The van der Waals surface area contributed by atoms with Crippen molar-refractivity contribution < 1.29 is 10.0 Å². The summed E-state index contributed by atoms with van der Waals surface area (Å²) < 4.78 is 0. The zero-order valence-electron chi connectivity index (χ0n) is 12.2. The van der Waals surface area contributed by atoms with E-state index in [1.54, 1.807) is 11.8 Å². The summed E-state index contributed by atoms with van der Waals surface area (Å²) in [6.45, 7) is 11.1. The summed E-state index contributed by atoms with van der Waals surface area (Å²) in [6.07, 6.45) is 1.54. The number of hydrogen-bond acceptors (Lipinski definition) is 3. The van der Waals surface area contributed by atoms with Crippen molar-refractivity contribution >= 4 is 11.7 Å². The fourth-order valence-electron chi connectivity index (χ4n) is 1.76. The molecule has 0 heterocycles. The molecule has 5 nitrogen and oxygen atoms in total. The van der Waals surface area contributed by atoms with Crippen molar-refractivity contribution in [2.45, 2.75) is 47.5 Å². The summed E-state index contributed by atoms with van der Waals surface area (Å²) >= 11 is 0. The maximum atomic E-state index is 12.5. The molecule has 18 heavy (non-hydrogen) atoms. The molecule has 0 radical (unpaired) electrons. The predicted octanol–water partition coefficient (Wildman–Crippen LogP) is 2.04. The van der Waals surface area contributed by atoms with E-state index in [0.29, 0.717) is 25.4 Å². The number of nitrogens with two attached hydrogens (primary N) is 1. The number of carbonyl (C=O) groups is 1. The standard InChI is InChI=1S/C13H27N3O2/c1-6-10(4)9-16(8-3)12(17)13(5,7-2)11(14)15-18/h10,18H,6-9H2,1-5H3,(H2,14,15). The normalized spacial score (nSPS) is 17.1. The molecule has 0 fully saturated rings. The highest BCUT2D eigenvalue weighted by Crippen LogP contribution is 2.25. The van der Waals surface area contributed by atoms with Gasteiger partial charge in [-0.1, -0.05) is 32.3 Å². The smallest absolute Gasteiger partial charge is 0.236 e. The second kappa shape index (κ2) is 7.24. The quantitative estimate of drug-likeness (QED) is 0.317. The van der Waals surface area contributed by atoms with E-state index in [1.807, 2.05) is 13.8 Å². The Balaban J connectivity index is 5.06. The number of nitrogens with zero attached hydrogens (tertiary/aromatic N) is 2. The molecule has 1 amide bonds. The average molecular weight is 257 g/mol. The van der Waals surface area contributed by atoms with Gasteiger partial charge in [0.15, 0.2) is 5.84 Å². The molecule has 3 N–H and O–H groups in total. The molecule has 0 aliphatic heterocycles. The number of oxime groups is 1. The average Bonchev–Trinajstić information content (AvgIpc) is 2.41. The first-order chi connectivity index (χ1) is 8.37. The lowest BCUT2D eigenvalue weighted by Gasteiger charge is -2.33. The highest BCUT2D eigenvalue weighted by atomic mass is 16.4. The molecule has 2 atom stereocenters. The van der Waals surface area contributed by atoms with E-state index in [-0.39, 0.29) is 11.7 Å². The highest BCUT2D eigenvalue weighted by Gasteiger charge is 2.39. The zero-order valence-corrected chi connectivity index (χ0v) is 12.2. The molecule has 0 bridgehead atoms. The van der Waals surface area contributed by atoms with Gasteiger partial charge in [0, 0.05) is 13.1 Å². The van der Waals surface area contributed by atoms with Crippen LogP contribution >= 0.6 is 0 Å². The van der Waals surface area contributed by atoms with Gasteiger partial charge in [-0.15, -0.1) is 0 Å². The molecule has 0 aliphatic carbocycles. The number of amidine groups is 1. The molecule has 5 heteroatoms. The summed E-state index contributed by atoms with van der Waals surface area (Å²) in [6, 6.07) is 0. The second-order valence-corrected chi connectivity index (χ2v) is 5.03. The molecule has 2 unspecified atom stereocenters. The Kier molecular flexibility index (Phi) is 6.73. The van der Waals surface area contributed by atoms with E-state index in [2.05, 4.69) is 19.0 Å². The number of carbonyl (C=O) groups excluding carboxylic acids is 1. The molecule has 0 aliphatic rings. The Hall–Kier alpha value is -1.26. The summed E-state index contributed by atoms with van der Waals surface area (Å²) in [7, 11) is 0. The largest absolute Gasteiger partial charge is 0.409 e. The Morgan fingerprint density at radius 1 is 1.44 bits per heavy atom. The second-order valence-electron chi connectivity index (χ2n) is 5.03. The van der Waals surface area contributed by atoms with E-state index in [1.165, 1.54) is 0 Å². The van der Waals surface area contributed by atoms with Crippen LogP contribution in [0.2, 0.25) is 0 Å². The van der Waals surface area contributed by atoms with Crippen molar-refractivity contribution in [1.82, 2.24) is 4.90 Å². The van der Waals surface area contributed by atoms with Crippen molar-refractivity contribution in [2.24, 2.45) is 22.2 Å². The van der Waals surface area contributed by atoms with Gasteiger partial charge < -0.3 is 15.8 Å². The summed E-state index contributed by atoms with van der Waals surface area (Å²) in [4.78, 5) is 14.3. The third-order valence-corrected chi connectivity index (χ3v) is 3.75. The lowest BCUT2D eigenvalue weighted by atomic mass is 9.84. The molecule has 0 aromatic carbocycles. The van der Waals surface area contributed by atoms with Crippen molar-refractivity contribution in [1.29, 1.82) is 0 Å². The van der Waals surface area contributed by atoms with Crippen LogP contribution in [0.1, 0.15) is 47.5 Å². The summed E-state index contributed by atoms with van der Waals surface area (Å²) in [5.74, 6) is 0.364. The van der Waals surface area contributed by atoms with Gasteiger partial charge in [0.25, 0.3) is 0 Å². The maximum Gasteiger partial charge on any atom is 0.236 e. The Bertz CT molecular complexity index is 305. The third kappa shape index (κ3) is 3.62. The van der Waals surface area contributed by atoms with Crippen LogP contribution in [0.5, 0.6) is 0 Å². The van der Waals surface area contributed by atoms with Gasteiger partial charge >= 0.3 is 0 Å². The molecule has 0 rings (SSSR count). The first-order valence-electron chi connectivity index (χ1n) is 6.64. The Labute approximate surface area is 110 Å². The van der Waals surface area contributed by atoms with E-state index in [4.69, 9.17) is 10.9 Å². The summed E-state index contributed by atoms with van der Waals surface area (Å²) in [5, 5.41) is 11.8. The molecule has 0 aromatic rings. The zero-order chi connectivity index (χ0) is 14.3. The molecule has 0 spiro atoms. The monoisotopic (exact) mass is 257 g/mol. The van der Waals surface area contributed by atoms with Gasteiger partial charge in [0.2, 0.25) is 5.91 Å². The van der Waals surface area contributed by atoms with E-state index in [9.17, 15) is 4.79 Å². The van der Waals surface area contributed by atoms with Gasteiger partial charge in [-0.25, -0.2) is 0 Å². The van der Waals surface area contributed by atoms with Crippen molar-refractivity contribution in [3.63, 3.8) is 0 Å². The third-order valence-electron chi connectivity index (χ3n) is 3.75. The molecular weight excluding hydrogens is 230 g/mol. The van der Waals surface area contributed by atoms with Crippen LogP contribution < -0.4 is 5.73 Å². The van der Waals surface area contributed by atoms with Crippen LogP contribution in [-0.4, -0.2) is 34.9 Å². The number of rotatable bonds is 7. The van der Waals surface area contributed by atoms with Gasteiger partial charge in [-0.2, -0.15) is 0 Å². The minimum atomic E-state index is -0.918. The lowest BCUT2D eigenvalue weighted by molar-refractivity contribution is -0.138. The first kappa shape index (κ1) is 16.7. The minimum absolute atomic E-state index is 0.0161. The van der Waals surface area contributed by atoms with Crippen molar-refractivity contribution in [3.05, 3.63) is 0 Å². The molecular formula is C13H27N3O2. The topological polar surface area (TPSA) is 78.9 Å². The van der Waals surface area contributed by atoms with Crippen LogP contribution in [0.3, 0.4) is 0 Å². The van der Waals surface area contributed by atoms with Crippen LogP contribution in [0.4, 0.5) is 0 Å². The first-order valence-corrected chi connectivity index (χ1v) is 6.64. The fraction of sp³-hybridized carbons (Fsp3) is 0.846. The van der Waals surface area contributed by atoms with Crippen LogP contribution in [-0.2, 0) is 4.79 Å². The number of amides is 1. The molecule has 106 valence electrons. The van der Waals surface area contributed by atoms with Crippen molar-refractivity contribution in [3.8, 4) is 0 Å². The van der Waals surface area contributed by atoms with Crippen LogP contribution in [0.15, 0.2) is 5.16 Å². The minimum Gasteiger partial charge on any atom is -0.409 e.